The highest BCUT2D eigenvalue weighted by molar-refractivity contribution is 5.93. The lowest BCUT2D eigenvalue weighted by Gasteiger charge is -2.18. The molecule has 0 aliphatic carbocycles. The molecular weight excluding hydrogens is 350 g/mol. The normalized spacial score (nSPS) is 12.2. The molecule has 6 nitrogen and oxygen atoms in total. The molecule has 2 N–H and O–H groups in total. The Bertz CT molecular complexity index is 1100. The van der Waals surface area contributed by atoms with E-state index in [-0.39, 0.29) is 11.9 Å². The number of carbonyl (C=O) groups is 1. The van der Waals surface area contributed by atoms with Crippen molar-refractivity contribution < 1.29 is 4.79 Å². The number of H-pyrrole nitrogens is 1. The number of rotatable bonds is 6. The smallest absolute Gasteiger partial charge is 0.272 e. The van der Waals surface area contributed by atoms with Crippen molar-refractivity contribution in [1.29, 1.82) is 0 Å². The maximum absolute atomic E-state index is 12.9. The predicted molar refractivity (Wildman–Crippen MR) is 109 cm³/mol. The molecule has 142 valence electrons. The summed E-state index contributed by atoms with van der Waals surface area (Å²) in [7, 11) is 1.97. The topological polar surface area (TPSA) is 75.6 Å². The van der Waals surface area contributed by atoms with E-state index in [9.17, 15) is 4.79 Å². The number of aryl methyl sites for hydroxylation is 2. The predicted octanol–water partition coefficient (Wildman–Crippen LogP) is 3.77. The third kappa shape index (κ3) is 3.41. The van der Waals surface area contributed by atoms with Crippen LogP contribution in [0.15, 0.2) is 60.7 Å². The van der Waals surface area contributed by atoms with Crippen LogP contribution in [0, 0.1) is 0 Å². The second-order valence-electron chi connectivity index (χ2n) is 6.86. The van der Waals surface area contributed by atoms with Crippen LogP contribution in [0.2, 0.25) is 0 Å². The largest absolute Gasteiger partial charge is 0.337 e. The molecule has 0 bridgehead atoms. The van der Waals surface area contributed by atoms with Crippen LogP contribution in [-0.2, 0) is 13.5 Å². The minimum absolute atomic E-state index is 0.223. The first-order valence-corrected chi connectivity index (χ1v) is 9.49. The van der Waals surface area contributed by atoms with Crippen molar-refractivity contribution in [1.82, 2.24) is 25.1 Å². The summed E-state index contributed by atoms with van der Waals surface area (Å²) in [5, 5.41) is 10.2. The van der Waals surface area contributed by atoms with Gasteiger partial charge in [0.05, 0.1) is 11.0 Å². The van der Waals surface area contributed by atoms with E-state index in [1.807, 2.05) is 72.3 Å². The molecule has 0 aliphatic rings. The Hall–Kier alpha value is -3.41. The van der Waals surface area contributed by atoms with E-state index in [0.717, 1.165) is 41.0 Å². The highest BCUT2D eigenvalue weighted by atomic mass is 16.2. The molecule has 0 spiro atoms. The average Bonchev–Trinajstić information content (AvgIpc) is 3.32. The summed E-state index contributed by atoms with van der Waals surface area (Å²) in [4.78, 5) is 17.7. The van der Waals surface area contributed by atoms with Crippen molar-refractivity contribution in [2.75, 3.05) is 0 Å². The van der Waals surface area contributed by atoms with Crippen LogP contribution in [0.4, 0.5) is 0 Å². The summed E-state index contributed by atoms with van der Waals surface area (Å²) in [5.41, 5.74) is 4.26. The van der Waals surface area contributed by atoms with E-state index in [1.165, 1.54) is 0 Å². The lowest BCUT2D eigenvalue weighted by atomic mass is 10.1. The Labute approximate surface area is 163 Å². The molecule has 0 radical (unpaired) electrons. The van der Waals surface area contributed by atoms with Gasteiger partial charge >= 0.3 is 0 Å². The second kappa shape index (κ2) is 7.68. The molecule has 1 unspecified atom stereocenters. The number of nitrogens with one attached hydrogen (secondary N) is 2. The maximum Gasteiger partial charge on any atom is 0.272 e. The van der Waals surface area contributed by atoms with Gasteiger partial charge in [0, 0.05) is 12.7 Å². The summed E-state index contributed by atoms with van der Waals surface area (Å²) in [6, 6.07) is 19.3. The van der Waals surface area contributed by atoms with Gasteiger partial charge in [-0.15, -0.1) is 0 Å². The minimum Gasteiger partial charge on any atom is -0.337 e. The van der Waals surface area contributed by atoms with E-state index in [4.69, 9.17) is 4.98 Å². The van der Waals surface area contributed by atoms with Gasteiger partial charge < -0.3 is 9.88 Å². The van der Waals surface area contributed by atoms with Gasteiger partial charge in [0.15, 0.2) is 0 Å². The van der Waals surface area contributed by atoms with Gasteiger partial charge in [-0.2, -0.15) is 5.10 Å². The summed E-state index contributed by atoms with van der Waals surface area (Å²) in [5.74, 6) is 0.560. The van der Waals surface area contributed by atoms with Crippen LogP contribution in [-0.4, -0.2) is 25.7 Å². The molecule has 0 saturated carbocycles. The van der Waals surface area contributed by atoms with Crippen molar-refractivity contribution in [3.05, 3.63) is 83.4 Å². The van der Waals surface area contributed by atoms with Crippen LogP contribution >= 0.6 is 0 Å². The fraction of sp³-hybridized carbons (Fsp3) is 0.227. The highest BCUT2D eigenvalue weighted by Gasteiger charge is 2.24. The molecule has 4 aromatic rings. The number of fused-ring (bicyclic) bond motifs is 1. The number of hydrogen-bond donors (Lipinski definition) is 2. The third-order valence-electron chi connectivity index (χ3n) is 4.87. The quantitative estimate of drug-likeness (QED) is 0.540. The zero-order valence-electron chi connectivity index (χ0n) is 16.0. The summed E-state index contributed by atoms with van der Waals surface area (Å²) >= 11 is 0. The first-order chi connectivity index (χ1) is 13.7. The molecular formula is C22H23N5O. The van der Waals surface area contributed by atoms with Gasteiger partial charge in [-0.05, 0) is 30.2 Å². The first-order valence-electron chi connectivity index (χ1n) is 9.49. The molecule has 2 aromatic heterocycles. The Morgan fingerprint density at radius 1 is 1.14 bits per heavy atom. The highest BCUT2D eigenvalue weighted by Crippen LogP contribution is 2.25. The zero-order chi connectivity index (χ0) is 19.5. The molecule has 2 aromatic carbocycles. The standard InChI is InChI=1S/C22H23N5O/c1-3-9-16-14-18(26-25-16)22(28)24-20(15-10-5-4-6-11-15)21-23-17-12-7-8-13-19(17)27(21)2/h4-8,10-14,20H,3,9H2,1-2H3,(H,24,28)(H,25,26). The monoisotopic (exact) mass is 373 g/mol. The van der Waals surface area contributed by atoms with Gasteiger partial charge in [-0.3, -0.25) is 9.89 Å². The van der Waals surface area contributed by atoms with E-state index in [0.29, 0.717) is 5.69 Å². The number of nitrogens with zero attached hydrogens (tertiary/aromatic N) is 3. The van der Waals surface area contributed by atoms with Crippen molar-refractivity contribution in [3.8, 4) is 0 Å². The van der Waals surface area contributed by atoms with Crippen LogP contribution in [0.3, 0.4) is 0 Å². The van der Waals surface area contributed by atoms with Crippen molar-refractivity contribution in [2.45, 2.75) is 25.8 Å². The van der Waals surface area contributed by atoms with Gasteiger partial charge in [0.2, 0.25) is 0 Å². The number of aromatic amines is 1. The third-order valence-corrected chi connectivity index (χ3v) is 4.87. The van der Waals surface area contributed by atoms with Gasteiger partial charge in [0.1, 0.15) is 17.6 Å². The first kappa shape index (κ1) is 18.0. The van der Waals surface area contributed by atoms with E-state index in [2.05, 4.69) is 22.4 Å². The van der Waals surface area contributed by atoms with E-state index >= 15 is 0 Å². The number of carbonyl (C=O) groups excluding carboxylic acids is 1. The van der Waals surface area contributed by atoms with Crippen molar-refractivity contribution in [2.24, 2.45) is 7.05 Å². The van der Waals surface area contributed by atoms with Gasteiger partial charge in [-0.1, -0.05) is 55.8 Å². The van der Waals surface area contributed by atoms with Crippen LogP contribution in [0.5, 0.6) is 0 Å². The molecule has 28 heavy (non-hydrogen) atoms. The van der Waals surface area contributed by atoms with Crippen LogP contribution in [0.1, 0.15) is 47.0 Å². The molecule has 6 heteroatoms. The Kier molecular flexibility index (Phi) is 4.93. The van der Waals surface area contributed by atoms with E-state index in [1.54, 1.807) is 0 Å². The van der Waals surface area contributed by atoms with Crippen LogP contribution in [0.25, 0.3) is 11.0 Å². The molecule has 0 fully saturated rings. The molecule has 2 heterocycles. The lowest BCUT2D eigenvalue weighted by molar-refractivity contribution is 0.0936. The maximum atomic E-state index is 12.9. The summed E-state index contributed by atoms with van der Waals surface area (Å²) < 4.78 is 2.03. The summed E-state index contributed by atoms with van der Waals surface area (Å²) in [6.45, 7) is 2.09. The number of benzene rings is 2. The number of hydrogen-bond acceptors (Lipinski definition) is 3. The van der Waals surface area contributed by atoms with Crippen LogP contribution < -0.4 is 5.32 Å². The molecule has 0 saturated heterocycles. The molecule has 4 rings (SSSR count). The molecule has 0 aliphatic heterocycles. The van der Waals surface area contributed by atoms with Gasteiger partial charge in [-0.25, -0.2) is 4.98 Å². The SMILES string of the molecule is CCCc1cc(C(=O)NC(c2ccccc2)c2nc3ccccc3n2C)n[nH]1. The molecule has 1 amide bonds. The fourth-order valence-electron chi connectivity index (χ4n) is 3.45. The summed E-state index contributed by atoms with van der Waals surface area (Å²) in [6.07, 6.45) is 1.86. The van der Waals surface area contributed by atoms with Crippen molar-refractivity contribution >= 4 is 16.9 Å². The number of imidazole rings is 1. The average molecular weight is 373 g/mol. The number of amides is 1. The fourth-order valence-corrected chi connectivity index (χ4v) is 3.45. The molecule has 1 atom stereocenters. The Balaban J connectivity index is 1.71. The zero-order valence-corrected chi connectivity index (χ0v) is 16.0. The van der Waals surface area contributed by atoms with Gasteiger partial charge in [0.25, 0.3) is 5.91 Å². The number of aromatic nitrogens is 4. The Morgan fingerprint density at radius 3 is 2.64 bits per heavy atom. The lowest BCUT2D eigenvalue weighted by Crippen LogP contribution is -2.31. The minimum atomic E-state index is -0.377. The Morgan fingerprint density at radius 2 is 1.89 bits per heavy atom. The number of para-hydroxylation sites is 2. The second-order valence-corrected chi connectivity index (χ2v) is 6.86. The van der Waals surface area contributed by atoms with Crippen molar-refractivity contribution in [3.63, 3.8) is 0 Å². The van der Waals surface area contributed by atoms with E-state index < -0.39 is 0 Å².